The van der Waals surface area contributed by atoms with Gasteiger partial charge in [0.15, 0.2) is 0 Å². The Morgan fingerprint density at radius 1 is 1.20 bits per heavy atom. The molecule has 0 saturated heterocycles. The predicted molar refractivity (Wildman–Crippen MR) is 88.0 cm³/mol. The highest BCUT2D eigenvalue weighted by atomic mass is 14.9. The maximum absolute atomic E-state index is 3.86. The lowest BCUT2D eigenvalue weighted by Crippen LogP contribution is -2.31. The van der Waals surface area contributed by atoms with Crippen LogP contribution in [0.15, 0.2) is 24.3 Å². The molecule has 0 radical (unpaired) electrons. The van der Waals surface area contributed by atoms with Gasteiger partial charge in [-0.15, -0.1) is 0 Å². The lowest BCUT2D eigenvalue weighted by Gasteiger charge is -2.23. The Kier molecular flexibility index (Phi) is 6.09. The second-order valence-electron chi connectivity index (χ2n) is 6.66. The van der Waals surface area contributed by atoms with Crippen molar-refractivity contribution in [3.8, 4) is 0 Å². The van der Waals surface area contributed by atoms with Gasteiger partial charge in [-0.1, -0.05) is 62.4 Å². The molecule has 2 unspecified atom stereocenters. The van der Waals surface area contributed by atoms with Crippen molar-refractivity contribution in [2.75, 3.05) is 0 Å². The molecule has 2 rings (SSSR count). The summed E-state index contributed by atoms with van der Waals surface area (Å²) in [5.41, 5.74) is 2.79. The van der Waals surface area contributed by atoms with Crippen molar-refractivity contribution in [1.29, 1.82) is 0 Å². The minimum Gasteiger partial charge on any atom is -0.307 e. The summed E-state index contributed by atoms with van der Waals surface area (Å²) in [6, 6.07) is 10.1. The van der Waals surface area contributed by atoms with E-state index in [0.717, 1.165) is 5.92 Å². The second kappa shape index (κ2) is 7.83. The third kappa shape index (κ3) is 4.63. The quantitative estimate of drug-likeness (QED) is 0.709. The van der Waals surface area contributed by atoms with E-state index < -0.39 is 0 Å². The van der Waals surface area contributed by atoms with Crippen LogP contribution in [0.2, 0.25) is 0 Å². The molecule has 1 saturated carbocycles. The first-order chi connectivity index (χ1) is 9.69. The molecule has 1 heteroatoms. The van der Waals surface area contributed by atoms with Crippen molar-refractivity contribution in [3.05, 3.63) is 35.4 Å². The average molecular weight is 273 g/mol. The Balaban J connectivity index is 1.86. The number of nitrogens with one attached hydrogen (secondary N) is 1. The number of rotatable bonds is 5. The summed E-state index contributed by atoms with van der Waals surface area (Å²) in [5.74, 6) is 0.987. The first-order valence-electron chi connectivity index (χ1n) is 8.51. The number of hydrogen-bond acceptors (Lipinski definition) is 1. The van der Waals surface area contributed by atoms with E-state index in [4.69, 9.17) is 0 Å². The van der Waals surface area contributed by atoms with Gasteiger partial charge in [-0.3, -0.25) is 0 Å². The monoisotopic (exact) mass is 273 g/mol. The van der Waals surface area contributed by atoms with Crippen LogP contribution in [0.3, 0.4) is 0 Å². The molecule has 1 N–H and O–H groups in total. The third-order valence-corrected chi connectivity index (χ3v) is 4.81. The third-order valence-electron chi connectivity index (χ3n) is 4.81. The van der Waals surface area contributed by atoms with E-state index in [9.17, 15) is 0 Å². The van der Waals surface area contributed by atoms with Crippen LogP contribution in [0.5, 0.6) is 0 Å². The molecule has 0 amide bonds. The fourth-order valence-corrected chi connectivity index (χ4v) is 3.63. The summed E-state index contributed by atoms with van der Waals surface area (Å²) in [7, 11) is 0. The van der Waals surface area contributed by atoms with Gasteiger partial charge in [0.25, 0.3) is 0 Å². The Hall–Kier alpha value is -0.820. The highest BCUT2D eigenvalue weighted by molar-refractivity contribution is 5.24. The van der Waals surface area contributed by atoms with Crippen molar-refractivity contribution in [2.45, 2.75) is 77.8 Å². The van der Waals surface area contributed by atoms with E-state index in [0.29, 0.717) is 12.1 Å². The van der Waals surface area contributed by atoms with Crippen LogP contribution in [0.25, 0.3) is 0 Å². The van der Waals surface area contributed by atoms with Crippen molar-refractivity contribution in [3.63, 3.8) is 0 Å². The van der Waals surface area contributed by atoms with Crippen LogP contribution in [0, 0.1) is 12.8 Å². The van der Waals surface area contributed by atoms with Crippen LogP contribution in [0.1, 0.15) is 76.0 Å². The maximum atomic E-state index is 3.86. The molecular weight excluding hydrogens is 242 g/mol. The topological polar surface area (TPSA) is 12.0 Å². The average Bonchev–Trinajstić information content (AvgIpc) is 2.65. The lowest BCUT2D eigenvalue weighted by molar-refractivity contribution is 0.393. The van der Waals surface area contributed by atoms with E-state index in [1.54, 1.807) is 0 Å². The second-order valence-corrected chi connectivity index (χ2v) is 6.66. The summed E-state index contributed by atoms with van der Waals surface area (Å²) >= 11 is 0. The zero-order valence-electron chi connectivity index (χ0n) is 13.5. The Bertz CT molecular complexity index is 399. The van der Waals surface area contributed by atoms with Crippen molar-refractivity contribution < 1.29 is 0 Å². The van der Waals surface area contributed by atoms with Gasteiger partial charge < -0.3 is 5.32 Å². The Labute approximate surface area is 125 Å². The summed E-state index contributed by atoms with van der Waals surface area (Å²) in [6.45, 7) is 6.81. The molecule has 0 aliphatic heterocycles. The maximum Gasteiger partial charge on any atom is 0.0294 e. The number of hydrogen-bond donors (Lipinski definition) is 1. The molecular formula is C19H31N. The van der Waals surface area contributed by atoms with Crippen LogP contribution in [-0.4, -0.2) is 6.04 Å². The number of benzene rings is 1. The molecule has 1 aromatic carbocycles. The Morgan fingerprint density at radius 2 is 2.05 bits per heavy atom. The molecule has 0 spiro atoms. The lowest BCUT2D eigenvalue weighted by atomic mass is 9.95. The molecule has 112 valence electrons. The van der Waals surface area contributed by atoms with Gasteiger partial charge in [-0.05, 0) is 44.6 Å². The fourth-order valence-electron chi connectivity index (χ4n) is 3.63. The first-order valence-corrected chi connectivity index (χ1v) is 8.51. The molecule has 1 aliphatic rings. The molecule has 1 nitrogen and oxygen atoms in total. The zero-order valence-corrected chi connectivity index (χ0v) is 13.5. The fraction of sp³-hybridized carbons (Fsp3) is 0.684. The van der Waals surface area contributed by atoms with E-state index >= 15 is 0 Å². The number of aryl methyl sites for hydroxylation is 1. The van der Waals surface area contributed by atoms with Crippen molar-refractivity contribution in [2.24, 2.45) is 5.92 Å². The van der Waals surface area contributed by atoms with Crippen molar-refractivity contribution in [1.82, 2.24) is 5.32 Å². The van der Waals surface area contributed by atoms with Crippen LogP contribution in [0.4, 0.5) is 0 Å². The normalized spacial score (nSPS) is 25.1. The van der Waals surface area contributed by atoms with Gasteiger partial charge >= 0.3 is 0 Å². The van der Waals surface area contributed by atoms with Gasteiger partial charge in [0.05, 0.1) is 0 Å². The minimum atomic E-state index is 0.475. The molecule has 1 fully saturated rings. The molecule has 3 atom stereocenters. The highest BCUT2D eigenvalue weighted by Crippen LogP contribution is 2.28. The minimum absolute atomic E-state index is 0.475. The van der Waals surface area contributed by atoms with Gasteiger partial charge in [0.1, 0.15) is 0 Å². The molecule has 0 heterocycles. The van der Waals surface area contributed by atoms with Gasteiger partial charge in [0.2, 0.25) is 0 Å². The summed E-state index contributed by atoms with van der Waals surface area (Å²) < 4.78 is 0. The van der Waals surface area contributed by atoms with E-state index in [1.165, 1.54) is 56.1 Å². The molecule has 0 aromatic heterocycles. The molecule has 20 heavy (non-hydrogen) atoms. The van der Waals surface area contributed by atoms with Gasteiger partial charge in [0, 0.05) is 12.1 Å². The summed E-state index contributed by atoms with van der Waals surface area (Å²) in [6.07, 6.45) is 9.78. The standard InChI is InChI=1S/C19H31N/c1-4-7-17-9-6-11-19(13-12-17)20-16(3)18-10-5-8-15(2)14-18/h5,8,10,14,16-17,19-20H,4,6-7,9,11-13H2,1-3H3/t16-,17?,19?/m1/s1. The predicted octanol–water partition coefficient (Wildman–Crippen LogP) is 5.39. The largest absolute Gasteiger partial charge is 0.307 e. The van der Waals surface area contributed by atoms with Crippen LogP contribution < -0.4 is 5.32 Å². The summed E-state index contributed by atoms with van der Waals surface area (Å²) in [5, 5.41) is 3.86. The smallest absolute Gasteiger partial charge is 0.0294 e. The Morgan fingerprint density at radius 3 is 2.80 bits per heavy atom. The molecule has 0 bridgehead atoms. The molecule has 1 aromatic rings. The SMILES string of the molecule is CCCC1CCCC(N[C@H](C)c2cccc(C)c2)CC1. The van der Waals surface area contributed by atoms with E-state index in [-0.39, 0.29) is 0 Å². The van der Waals surface area contributed by atoms with Crippen LogP contribution in [-0.2, 0) is 0 Å². The van der Waals surface area contributed by atoms with E-state index in [2.05, 4.69) is 50.4 Å². The zero-order chi connectivity index (χ0) is 14.4. The highest BCUT2D eigenvalue weighted by Gasteiger charge is 2.19. The summed E-state index contributed by atoms with van der Waals surface area (Å²) in [4.78, 5) is 0. The van der Waals surface area contributed by atoms with Gasteiger partial charge in [-0.2, -0.15) is 0 Å². The first kappa shape index (κ1) is 15.6. The van der Waals surface area contributed by atoms with E-state index in [1.807, 2.05) is 0 Å². The van der Waals surface area contributed by atoms with Gasteiger partial charge in [-0.25, -0.2) is 0 Å². The van der Waals surface area contributed by atoms with Crippen LogP contribution >= 0.6 is 0 Å². The molecule has 1 aliphatic carbocycles. The van der Waals surface area contributed by atoms with Crippen molar-refractivity contribution >= 4 is 0 Å².